The molecule has 5 nitrogen and oxygen atoms in total. The maximum Gasteiger partial charge on any atom is 0.150 e. The van der Waals surface area contributed by atoms with E-state index in [4.69, 9.17) is 0 Å². The van der Waals surface area contributed by atoms with Gasteiger partial charge in [-0.1, -0.05) is 0 Å². The fourth-order valence-corrected chi connectivity index (χ4v) is 3.36. The van der Waals surface area contributed by atoms with Crippen LogP contribution in [0.25, 0.3) is 0 Å². The van der Waals surface area contributed by atoms with Crippen LogP contribution < -0.4 is 0 Å². The molecule has 0 radical (unpaired) electrons. The van der Waals surface area contributed by atoms with Crippen LogP contribution in [0, 0.1) is 0 Å². The molecule has 1 aromatic rings. The average molecular weight is 228 g/mol. The van der Waals surface area contributed by atoms with Crippen molar-refractivity contribution in [2.45, 2.75) is 18.4 Å². The van der Waals surface area contributed by atoms with Crippen LogP contribution in [-0.4, -0.2) is 36.0 Å². The molecule has 1 fully saturated rings. The van der Waals surface area contributed by atoms with Crippen molar-refractivity contribution >= 4 is 16.1 Å². The molecule has 1 aliphatic heterocycles. The number of rotatable bonds is 2. The highest BCUT2D eigenvalue weighted by molar-refractivity contribution is 7.91. The molecule has 15 heavy (non-hydrogen) atoms. The molecule has 0 amide bonds. The highest BCUT2D eigenvalue weighted by Gasteiger charge is 2.39. The van der Waals surface area contributed by atoms with E-state index >= 15 is 0 Å². The number of aromatic nitrogens is 2. The smallest absolute Gasteiger partial charge is 0.150 e. The topological polar surface area (TPSA) is 69.0 Å². The maximum absolute atomic E-state index is 11.3. The molecule has 0 saturated carbocycles. The molecule has 0 atom stereocenters. The van der Waals surface area contributed by atoms with Crippen LogP contribution in [-0.2, 0) is 20.2 Å². The van der Waals surface area contributed by atoms with E-state index in [1.54, 1.807) is 23.1 Å². The standard InChI is InChI=1S/C9H12N2O3S/c12-8-9(11-5-1-4-10-11)2-6-15(13,14)7-3-9/h1,4-5,8H,2-3,6-7H2. The normalized spacial score (nSPS) is 23.5. The predicted molar refractivity (Wildman–Crippen MR) is 54.2 cm³/mol. The molecule has 2 rings (SSSR count). The molecule has 0 N–H and O–H groups in total. The summed E-state index contributed by atoms with van der Waals surface area (Å²) in [5.41, 5.74) is -0.755. The van der Waals surface area contributed by atoms with Crippen molar-refractivity contribution < 1.29 is 13.2 Å². The van der Waals surface area contributed by atoms with E-state index in [1.807, 2.05) is 0 Å². The second-order valence-corrected chi connectivity index (χ2v) is 6.13. The third-order valence-electron chi connectivity index (χ3n) is 2.87. The highest BCUT2D eigenvalue weighted by atomic mass is 32.2. The van der Waals surface area contributed by atoms with Gasteiger partial charge >= 0.3 is 0 Å². The lowest BCUT2D eigenvalue weighted by atomic mass is 9.94. The molecule has 0 bridgehead atoms. The Morgan fingerprint density at radius 1 is 1.33 bits per heavy atom. The zero-order valence-electron chi connectivity index (χ0n) is 8.17. The Labute approximate surface area is 88.0 Å². The van der Waals surface area contributed by atoms with E-state index in [0.29, 0.717) is 12.8 Å². The van der Waals surface area contributed by atoms with E-state index in [1.165, 1.54) is 0 Å². The lowest BCUT2D eigenvalue weighted by molar-refractivity contribution is -0.116. The minimum Gasteiger partial charge on any atom is -0.301 e. The van der Waals surface area contributed by atoms with E-state index < -0.39 is 15.4 Å². The van der Waals surface area contributed by atoms with Crippen LogP contribution in [0.5, 0.6) is 0 Å². The Morgan fingerprint density at radius 3 is 2.47 bits per heavy atom. The molecule has 2 heterocycles. The van der Waals surface area contributed by atoms with Crippen molar-refractivity contribution in [1.29, 1.82) is 0 Å². The van der Waals surface area contributed by atoms with E-state index in [-0.39, 0.29) is 11.5 Å². The van der Waals surface area contributed by atoms with Gasteiger partial charge in [-0.3, -0.25) is 4.68 Å². The Balaban J connectivity index is 2.30. The van der Waals surface area contributed by atoms with Crippen molar-refractivity contribution in [3.8, 4) is 0 Å². The number of sulfone groups is 1. The summed E-state index contributed by atoms with van der Waals surface area (Å²) in [5, 5.41) is 4.02. The fraction of sp³-hybridized carbons (Fsp3) is 0.556. The van der Waals surface area contributed by atoms with Gasteiger partial charge in [0, 0.05) is 12.4 Å². The highest BCUT2D eigenvalue weighted by Crippen LogP contribution is 2.28. The van der Waals surface area contributed by atoms with E-state index in [0.717, 1.165) is 6.29 Å². The number of nitrogens with zero attached hydrogens (tertiary/aromatic N) is 2. The molecule has 0 unspecified atom stereocenters. The van der Waals surface area contributed by atoms with Gasteiger partial charge in [0.15, 0.2) is 9.84 Å². The van der Waals surface area contributed by atoms with Crippen molar-refractivity contribution in [3.05, 3.63) is 18.5 Å². The van der Waals surface area contributed by atoms with Gasteiger partial charge in [0.1, 0.15) is 11.8 Å². The molecular weight excluding hydrogens is 216 g/mol. The van der Waals surface area contributed by atoms with Gasteiger partial charge in [-0.25, -0.2) is 8.42 Å². The number of carbonyl (C=O) groups excluding carboxylic acids is 1. The minimum absolute atomic E-state index is 0.0611. The second-order valence-electron chi connectivity index (χ2n) is 3.82. The molecule has 1 saturated heterocycles. The number of carbonyl (C=O) groups is 1. The molecule has 1 aromatic heterocycles. The van der Waals surface area contributed by atoms with Crippen molar-refractivity contribution in [1.82, 2.24) is 9.78 Å². The van der Waals surface area contributed by atoms with Gasteiger partial charge in [-0.15, -0.1) is 0 Å². The van der Waals surface area contributed by atoms with Gasteiger partial charge in [0.25, 0.3) is 0 Å². The third kappa shape index (κ3) is 1.81. The number of aldehydes is 1. The minimum atomic E-state index is -2.95. The Kier molecular flexibility index (Phi) is 2.38. The summed E-state index contributed by atoms with van der Waals surface area (Å²) in [6.45, 7) is 0. The Bertz CT molecular complexity index is 436. The lowest BCUT2D eigenvalue weighted by Gasteiger charge is -2.31. The van der Waals surface area contributed by atoms with Gasteiger partial charge < -0.3 is 4.79 Å². The second kappa shape index (κ2) is 3.44. The molecule has 1 aliphatic rings. The van der Waals surface area contributed by atoms with Crippen molar-refractivity contribution in [2.24, 2.45) is 0 Å². The summed E-state index contributed by atoms with van der Waals surface area (Å²) in [7, 11) is -2.95. The zero-order chi connectivity index (χ0) is 10.9. The number of hydrogen-bond acceptors (Lipinski definition) is 4. The molecule has 0 aliphatic carbocycles. The van der Waals surface area contributed by atoms with Gasteiger partial charge in [-0.2, -0.15) is 5.10 Å². The van der Waals surface area contributed by atoms with Gasteiger partial charge in [-0.05, 0) is 18.9 Å². The van der Waals surface area contributed by atoms with Crippen LogP contribution in [0.15, 0.2) is 18.5 Å². The summed E-state index contributed by atoms with van der Waals surface area (Å²) < 4.78 is 24.1. The molecule has 0 aromatic carbocycles. The average Bonchev–Trinajstić information content (AvgIpc) is 2.72. The summed E-state index contributed by atoms with van der Waals surface area (Å²) in [4.78, 5) is 11.1. The van der Waals surface area contributed by atoms with Crippen molar-refractivity contribution in [2.75, 3.05) is 11.5 Å². The summed E-state index contributed by atoms with van der Waals surface area (Å²) in [5.74, 6) is 0.122. The maximum atomic E-state index is 11.3. The van der Waals surface area contributed by atoms with Crippen LogP contribution in [0.1, 0.15) is 12.8 Å². The van der Waals surface area contributed by atoms with E-state index in [9.17, 15) is 13.2 Å². The quantitative estimate of drug-likeness (QED) is 0.667. The lowest BCUT2D eigenvalue weighted by Crippen LogP contribution is -2.43. The fourth-order valence-electron chi connectivity index (χ4n) is 1.82. The molecular formula is C9H12N2O3S. The predicted octanol–water partition coefficient (Wildman–Crippen LogP) is -0.0141. The third-order valence-corrected chi connectivity index (χ3v) is 4.52. The van der Waals surface area contributed by atoms with Crippen LogP contribution in [0.3, 0.4) is 0 Å². The largest absolute Gasteiger partial charge is 0.301 e. The first kappa shape index (κ1) is 10.4. The first-order valence-corrected chi connectivity index (χ1v) is 6.57. The first-order valence-electron chi connectivity index (χ1n) is 4.75. The SMILES string of the molecule is O=CC1(n2cccn2)CCS(=O)(=O)CC1. The van der Waals surface area contributed by atoms with Gasteiger partial charge in [0.2, 0.25) is 0 Å². The summed E-state index contributed by atoms with van der Waals surface area (Å²) >= 11 is 0. The van der Waals surface area contributed by atoms with E-state index in [2.05, 4.69) is 5.10 Å². The first-order chi connectivity index (χ1) is 7.08. The molecule has 6 heteroatoms. The van der Waals surface area contributed by atoms with Crippen LogP contribution in [0.4, 0.5) is 0 Å². The summed E-state index contributed by atoms with van der Waals surface area (Å²) in [6, 6.07) is 1.73. The molecule has 82 valence electrons. The monoisotopic (exact) mass is 228 g/mol. The van der Waals surface area contributed by atoms with Gasteiger partial charge in [0.05, 0.1) is 11.5 Å². The zero-order valence-corrected chi connectivity index (χ0v) is 8.98. The number of hydrogen-bond donors (Lipinski definition) is 0. The molecule has 0 spiro atoms. The van der Waals surface area contributed by atoms with Crippen LogP contribution >= 0.6 is 0 Å². The Morgan fingerprint density at radius 2 is 2.00 bits per heavy atom. The summed E-state index contributed by atoms with van der Waals surface area (Å²) in [6.07, 6.45) is 4.75. The Hall–Kier alpha value is -1.17. The van der Waals surface area contributed by atoms with Crippen LogP contribution in [0.2, 0.25) is 0 Å². The van der Waals surface area contributed by atoms with Crippen molar-refractivity contribution in [3.63, 3.8) is 0 Å².